The predicted octanol–water partition coefficient (Wildman–Crippen LogP) is 3.72. The quantitative estimate of drug-likeness (QED) is 0.0368. The van der Waals surface area contributed by atoms with E-state index in [1.807, 2.05) is 0 Å². The first-order valence-electron chi connectivity index (χ1n) is 14.0. The van der Waals surface area contributed by atoms with E-state index in [1.54, 1.807) is 0 Å². The van der Waals surface area contributed by atoms with Crippen LogP contribution < -0.4 is 25.1 Å². The smallest absolute Gasteiger partial charge is 0.322 e. The molecule has 3 aromatic carbocycles. The van der Waals surface area contributed by atoms with Crippen LogP contribution in [0.15, 0.2) is 75.0 Å². The van der Waals surface area contributed by atoms with Crippen molar-refractivity contribution in [3.05, 3.63) is 86.4 Å². The minimum Gasteiger partial charge on any atom is -0.481 e. The van der Waals surface area contributed by atoms with Gasteiger partial charge in [-0.05, 0) is 48.5 Å². The SMILES string of the molecule is O=C(O)CC(=O)Oc1ccc(Cl)cc1/C=N\N/C(=N/N=C/c1cc(Cl)ccc1OC(=O)CC(=O)O)N/N=C\c1ccc(Cl)cc1OC(=O)CC(=O)O. The summed E-state index contributed by atoms with van der Waals surface area (Å²) >= 11 is 18.1. The zero-order valence-corrected chi connectivity index (χ0v) is 28.3. The first kappa shape index (κ1) is 40.1. The average Bonchev–Trinajstić information content (AvgIpc) is 3.03. The van der Waals surface area contributed by atoms with Crippen LogP contribution in [0, 0.1) is 0 Å². The van der Waals surface area contributed by atoms with Gasteiger partial charge in [-0.1, -0.05) is 34.8 Å². The zero-order chi connectivity index (χ0) is 38.2. The molecule has 3 rings (SSSR count). The molecule has 270 valence electrons. The molecular weight excluding hydrogens is 755 g/mol. The molecule has 5 N–H and O–H groups in total. The third-order valence-corrected chi connectivity index (χ3v) is 6.29. The van der Waals surface area contributed by atoms with Crippen LogP contribution in [0.5, 0.6) is 17.2 Å². The maximum Gasteiger partial charge on any atom is 0.322 e. The molecule has 52 heavy (non-hydrogen) atoms. The van der Waals surface area contributed by atoms with Gasteiger partial charge in [0, 0.05) is 37.8 Å². The Kier molecular flexibility index (Phi) is 15.2. The van der Waals surface area contributed by atoms with E-state index in [1.165, 1.54) is 54.6 Å². The van der Waals surface area contributed by atoms with E-state index in [2.05, 4.69) is 31.3 Å². The van der Waals surface area contributed by atoms with Gasteiger partial charge in [0.05, 0.1) is 18.6 Å². The molecule has 0 fully saturated rings. The molecule has 0 heterocycles. The highest BCUT2D eigenvalue weighted by molar-refractivity contribution is 6.31. The summed E-state index contributed by atoms with van der Waals surface area (Å²) in [5, 5.41) is 43.0. The summed E-state index contributed by atoms with van der Waals surface area (Å²) in [6.07, 6.45) is 0.650. The minimum absolute atomic E-state index is 0.0812. The van der Waals surface area contributed by atoms with Crippen molar-refractivity contribution in [2.75, 3.05) is 0 Å². The van der Waals surface area contributed by atoms with Crippen molar-refractivity contribution in [2.45, 2.75) is 19.3 Å². The highest BCUT2D eigenvalue weighted by Crippen LogP contribution is 2.24. The summed E-state index contributed by atoms with van der Waals surface area (Å²) < 4.78 is 15.3. The zero-order valence-electron chi connectivity index (χ0n) is 26.0. The van der Waals surface area contributed by atoms with Crippen LogP contribution in [0.2, 0.25) is 15.1 Å². The standard InChI is InChI=1S/C31H23Cl3N6O12/c32-19-3-5-22(50-28(47)10-25(41)42)17(7-19)14-36-39-31(38-35-13-16-1-2-21(34)9-24(16)52-30(49)12-27(45)46)40-37-15-18-8-20(33)4-6-23(18)51-29(48)11-26(43)44/h1-9,13-15H,10-12H2,(H,41,42)(H,43,44)(H,45,46)(H2,38,39,40)/b35-13-,36-14-,37-15+. The molecule has 0 aromatic heterocycles. The van der Waals surface area contributed by atoms with E-state index in [4.69, 9.17) is 64.3 Å². The van der Waals surface area contributed by atoms with E-state index >= 15 is 0 Å². The number of benzene rings is 3. The van der Waals surface area contributed by atoms with Crippen molar-refractivity contribution in [3.8, 4) is 17.2 Å². The van der Waals surface area contributed by atoms with Crippen molar-refractivity contribution in [1.29, 1.82) is 0 Å². The molecule has 21 heteroatoms. The van der Waals surface area contributed by atoms with E-state index in [9.17, 15) is 28.8 Å². The summed E-state index contributed by atoms with van der Waals surface area (Å²) in [4.78, 5) is 68.5. The number of aliphatic carboxylic acids is 3. The number of guanidine groups is 1. The molecule has 0 saturated heterocycles. The molecule has 0 saturated carbocycles. The summed E-state index contributed by atoms with van der Waals surface area (Å²) in [5.41, 5.74) is 5.38. The molecular formula is C31H23Cl3N6O12. The normalized spacial score (nSPS) is 11.4. The van der Waals surface area contributed by atoms with Gasteiger partial charge in [0.25, 0.3) is 5.96 Å². The van der Waals surface area contributed by atoms with Crippen molar-refractivity contribution >= 4 is 95.2 Å². The maximum absolute atomic E-state index is 11.9. The topological polar surface area (TPSA) is 264 Å². The fourth-order valence-corrected chi connectivity index (χ4v) is 4.04. The van der Waals surface area contributed by atoms with Gasteiger partial charge >= 0.3 is 35.8 Å². The number of hydrazone groups is 2. The molecule has 0 radical (unpaired) electrons. The Morgan fingerprint density at radius 3 is 1.44 bits per heavy atom. The molecule has 0 aliphatic carbocycles. The lowest BCUT2D eigenvalue weighted by molar-refractivity contribution is -0.147. The molecule has 0 unspecified atom stereocenters. The first-order valence-corrected chi connectivity index (χ1v) is 15.2. The van der Waals surface area contributed by atoms with Crippen molar-refractivity contribution < 1.29 is 58.3 Å². The largest absolute Gasteiger partial charge is 0.481 e. The third-order valence-electron chi connectivity index (χ3n) is 5.58. The Balaban J connectivity index is 1.93. The Hall–Kier alpha value is -6.37. The second-order valence-electron chi connectivity index (χ2n) is 9.61. The summed E-state index contributed by atoms with van der Waals surface area (Å²) in [6.45, 7) is 0. The van der Waals surface area contributed by atoms with Gasteiger partial charge in [-0.25, -0.2) is 10.9 Å². The maximum atomic E-state index is 11.9. The number of halogens is 3. The van der Waals surface area contributed by atoms with Crippen molar-refractivity contribution in [1.82, 2.24) is 10.9 Å². The number of rotatable bonds is 15. The van der Waals surface area contributed by atoms with Gasteiger partial charge in [-0.3, -0.25) is 28.8 Å². The molecule has 0 aliphatic heterocycles. The second kappa shape index (κ2) is 19.7. The minimum atomic E-state index is -1.41. The number of nitrogens with one attached hydrogen (secondary N) is 2. The molecule has 3 aromatic rings. The molecule has 0 bridgehead atoms. The Morgan fingerprint density at radius 1 is 0.558 bits per heavy atom. The number of carboxylic acids is 3. The number of carbonyl (C=O) groups excluding carboxylic acids is 3. The van der Waals surface area contributed by atoms with Crippen molar-refractivity contribution in [3.63, 3.8) is 0 Å². The van der Waals surface area contributed by atoms with E-state index in [-0.39, 0.29) is 55.0 Å². The second-order valence-corrected chi connectivity index (χ2v) is 10.9. The Bertz CT molecular complexity index is 2000. The number of esters is 3. The fraction of sp³-hybridized carbons (Fsp3) is 0.0968. The van der Waals surface area contributed by atoms with Crippen LogP contribution in [-0.2, 0) is 28.8 Å². The van der Waals surface area contributed by atoms with Gasteiger partial charge in [-0.15, -0.1) is 5.10 Å². The van der Waals surface area contributed by atoms with Gasteiger partial charge in [0.1, 0.15) is 36.5 Å². The van der Waals surface area contributed by atoms with Crippen molar-refractivity contribution in [2.24, 2.45) is 20.4 Å². The number of hydrogen-bond donors (Lipinski definition) is 5. The average molecular weight is 778 g/mol. The highest BCUT2D eigenvalue weighted by atomic mass is 35.5. The highest BCUT2D eigenvalue weighted by Gasteiger charge is 2.15. The lowest BCUT2D eigenvalue weighted by Gasteiger charge is -2.08. The van der Waals surface area contributed by atoms with Crippen LogP contribution in [0.3, 0.4) is 0 Å². The molecule has 0 amide bonds. The van der Waals surface area contributed by atoms with Gasteiger partial charge < -0.3 is 29.5 Å². The van der Waals surface area contributed by atoms with Gasteiger partial charge in [0.2, 0.25) is 0 Å². The van der Waals surface area contributed by atoms with Crippen LogP contribution in [0.1, 0.15) is 36.0 Å². The number of ether oxygens (including phenoxy) is 3. The van der Waals surface area contributed by atoms with Crippen LogP contribution in [0.25, 0.3) is 0 Å². The van der Waals surface area contributed by atoms with Gasteiger partial charge in [-0.2, -0.15) is 15.3 Å². The third kappa shape index (κ3) is 14.2. The van der Waals surface area contributed by atoms with Gasteiger partial charge in [0.15, 0.2) is 0 Å². The Morgan fingerprint density at radius 2 is 0.962 bits per heavy atom. The number of carbonyl (C=O) groups is 6. The summed E-state index contributed by atoms with van der Waals surface area (Å²) in [6, 6.07) is 12.2. The molecule has 0 spiro atoms. The first-order chi connectivity index (χ1) is 24.7. The van der Waals surface area contributed by atoms with E-state index < -0.39 is 55.1 Å². The van der Waals surface area contributed by atoms with E-state index in [0.717, 1.165) is 18.6 Å². The van der Waals surface area contributed by atoms with Crippen LogP contribution in [0.4, 0.5) is 0 Å². The summed E-state index contributed by atoms with van der Waals surface area (Å²) in [7, 11) is 0. The lowest BCUT2D eigenvalue weighted by Crippen LogP contribution is -2.30. The summed E-state index contributed by atoms with van der Waals surface area (Å²) in [5.74, 6) is -8.03. The lowest BCUT2D eigenvalue weighted by atomic mass is 10.2. The van der Waals surface area contributed by atoms with E-state index in [0.29, 0.717) is 0 Å². The molecule has 0 atom stereocenters. The molecule has 0 aliphatic rings. The number of nitrogens with zero attached hydrogens (tertiary/aromatic N) is 4. The number of carboxylic acid groups (broad SMARTS) is 3. The fourth-order valence-electron chi connectivity index (χ4n) is 3.52. The van der Waals surface area contributed by atoms with Crippen LogP contribution in [-0.4, -0.2) is 75.7 Å². The molecule has 18 nitrogen and oxygen atoms in total. The predicted molar refractivity (Wildman–Crippen MR) is 185 cm³/mol. The Labute approximate surface area is 306 Å². The monoisotopic (exact) mass is 776 g/mol. The van der Waals surface area contributed by atoms with Crippen LogP contribution >= 0.6 is 34.8 Å². The number of hydrogen-bond acceptors (Lipinski definition) is 13.